The molecule has 0 heterocycles. The Kier molecular flexibility index (Phi) is 9.16. The van der Waals surface area contributed by atoms with Gasteiger partial charge in [0.05, 0.1) is 0 Å². The molecule has 0 aliphatic carbocycles. The molecule has 2 aromatic carbocycles. The van der Waals surface area contributed by atoms with Crippen molar-refractivity contribution in [1.29, 1.82) is 0 Å². The molecule has 5 nitrogen and oxygen atoms in total. The summed E-state index contributed by atoms with van der Waals surface area (Å²) in [5.41, 5.74) is 7.07. The van der Waals surface area contributed by atoms with Gasteiger partial charge in [-0.2, -0.15) is 0 Å². The van der Waals surface area contributed by atoms with Crippen LogP contribution in [0, 0.1) is 0 Å². The first-order valence-corrected chi connectivity index (χ1v) is 9.45. The number of hydrogen-bond donors (Lipinski definition) is 2. The maximum absolute atomic E-state index is 12.6. The monoisotopic (exact) mass is 403 g/mol. The molecule has 0 radical (unpaired) electrons. The zero-order valence-electron chi connectivity index (χ0n) is 16.8. The van der Waals surface area contributed by atoms with Gasteiger partial charge in [-0.25, -0.2) is 0 Å². The maximum atomic E-state index is 12.6. The van der Waals surface area contributed by atoms with Gasteiger partial charge in [-0.3, -0.25) is 9.59 Å². The number of anilines is 1. The van der Waals surface area contributed by atoms with E-state index in [4.69, 9.17) is 5.73 Å². The Morgan fingerprint density at radius 2 is 1.50 bits per heavy atom. The predicted octanol–water partition coefficient (Wildman–Crippen LogP) is 4.18. The van der Waals surface area contributed by atoms with E-state index in [0.717, 1.165) is 31.5 Å². The van der Waals surface area contributed by atoms with Gasteiger partial charge < -0.3 is 16.0 Å². The molecule has 0 spiro atoms. The molecular formula is C22H30ClN3O2. The van der Waals surface area contributed by atoms with E-state index >= 15 is 0 Å². The third-order valence-electron chi connectivity index (χ3n) is 4.51. The fourth-order valence-electron chi connectivity index (χ4n) is 2.91. The summed E-state index contributed by atoms with van der Waals surface area (Å²) in [6.07, 6.45) is 1.85. The van der Waals surface area contributed by atoms with Gasteiger partial charge in [0.25, 0.3) is 5.91 Å². The summed E-state index contributed by atoms with van der Waals surface area (Å²) in [4.78, 5) is 27.1. The van der Waals surface area contributed by atoms with Crippen LogP contribution in [0.5, 0.6) is 0 Å². The second-order valence-electron chi connectivity index (χ2n) is 6.89. The third kappa shape index (κ3) is 5.81. The van der Waals surface area contributed by atoms with Crippen molar-refractivity contribution in [1.82, 2.24) is 4.90 Å². The summed E-state index contributed by atoms with van der Waals surface area (Å²) < 4.78 is 0. The molecule has 6 heteroatoms. The highest BCUT2D eigenvalue weighted by atomic mass is 35.5. The number of halogens is 1. The van der Waals surface area contributed by atoms with Gasteiger partial charge >= 0.3 is 0 Å². The van der Waals surface area contributed by atoms with Crippen molar-refractivity contribution in [3.8, 4) is 0 Å². The summed E-state index contributed by atoms with van der Waals surface area (Å²) in [6.45, 7) is 7.29. The van der Waals surface area contributed by atoms with Crippen LogP contribution in [0.15, 0.2) is 54.6 Å². The molecule has 2 rings (SSSR count). The number of amides is 2. The molecule has 0 fully saturated rings. The van der Waals surface area contributed by atoms with Crippen LogP contribution in [0.4, 0.5) is 5.69 Å². The molecule has 2 amide bonds. The Balaban J connectivity index is 0.00000392. The Labute approximate surface area is 173 Å². The molecule has 0 bridgehead atoms. The van der Waals surface area contributed by atoms with Crippen molar-refractivity contribution in [2.75, 3.05) is 18.4 Å². The van der Waals surface area contributed by atoms with E-state index in [1.54, 1.807) is 31.2 Å². The minimum absolute atomic E-state index is 0. The molecule has 0 aliphatic heterocycles. The number of rotatable bonds is 8. The smallest absolute Gasteiger partial charge is 0.253 e. The standard InChI is InChI=1S/C22H29N3O2.ClH/c1-4-15-25(16-5-2)20(26)17-11-13-19(14-12-17)24-21(27)22(3,23)18-9-7-6-8-10-18;/h6-14H,4-5,15-16,23H2,1-3H3,(H,24,27);1H. The summed E-state index contributed by atoms with van der Waals surface area (Å²) in [6, 6.07) is 16.2. The maximum Gasteiger partial charge on any atom is 0.253 e. The minimum atomic E-state index is -1.14. The number of benzene rings is 2. The summed E-state index contributed by atoms with van der Waals surface area (Å²) in [5, 5.41) is 2.84. The zero-order valence-corrected chi connectivity index (χ0v) is 17.6. The summed E-state index contributed by atoms with van der Waals surface area (Å²) >= 11 is 0. The SMILES string of the molecule is CCCN(CCC)C(=O)c1ccc(NC(=O)C(C)(N)c2ccccc2)cc1.Cl. The summed E-state index contributed by atoms with van der Waals surface area (Å²) in [7, 11) is 0. The van der Waals surface area contributed by atoms with E-state index in [1.165, 1.54) is 0 Å². The molecule has 0 saturated heterocycles. The van der Waals surface area contributed by atoms with Crippen LogP contribution >= 0.6 is 12.4 Å². The molecule has 1 unspecified atom stereocenters. The lowest BCUT2D eigenvalue weighted by Gasteiger charge is -2.24. The quantitative estimate of drug-likeness (QED) is 0.694. The van der Waals surface area contributed by atoms with E-state index in [2.05, 4.69) is 19.2 Å². The highest BCUT2D eigenvalue weighted by molar-refractivity contribution is 5.99. The van der Waals surface area contributed by atoms with Crippen molar-refractivity contribution in [3.05, 3.63) is 65.7 Å². The fraction of sp³-hybridized carbons (Fsp3) is 0.364. The average molecular weight is 404 g/mol. The van der Waals surface area contributed by atoms with Gasteiger partial charge in [0.2, 0.25) is 5.91 Å². The van der Waals surface area contributed by atoms with Crippen molar-refractivity contribution in [2.45, 2.75) is 39.2 Å². The van der Waals surface area contributed by atoms with Crippen LogP contribution in [0.3, 0.4) is 0 Å². The van der Waals surface area contributed by atoms with Crippen LogP contribution < -0.4 is 11.1 Å². The number of hydrogen-bond acceptors (Lipinski definition) is 3. The zero-order chi connectivity index (χ0) is 19.9. The number of nitrogens with two attached hydrogens (primary N) is 1. The van der Waals surface area contributed by atoms with Gasteiger partial charge in [0.15, 0.2) is 0 Å². The van der Waals surface area contributed by atoms with Crippen LogP contribution in [-0.4, -0.2) is 29.8 Å². The fourth-order valence-corrected chi connectivity index (χ4v) is 2.91. The Hall–Kier alpha value is -2.37. The number of carbonyl (C=O) groups excluding carboxylic acids is 2. The molecule has 3 N–H and O–H groups in total. The van der Waals surface area contributed by atoms with Crippen molar-refractivity contribution in [2.24, 2.45) is 5.73 Å². The van der Waals surface area contributed by atoms with E-state index in [1.807, 2.05) is 35.2 Å². The van der Waals surface area contributed by atoms with E-state index in [-0.39, 0.29) is 24.2 Å². The largest absolute Gasteiger partial charge is 0.339 e. The first-order chi connectivity index (χ1) is 12.9. The highest BCUT2D eigenvalue weighted by Gasteiger charge is 2.30. The molecule has 1 atom stereocenters. The molecule has 28 heavy (non-hydrogen) atoms. The molecule has 0 aliphatic rings. The lowest BCUT2D eigenvalue weighted by atomic mass is 9.92. The Morgan fingerprint density at radius 3 is 2.00 bits per heavy atom. The summed E-state index contributed by atoms with van der Waals surface area (Å²) in [5.74, 6) is -0.282. The van der Waals surface area contributed by atoms with Gasteiger partial charge in [0.1, 0.15) is 5.54 Å². The van der Waals surface area contributed by atoms with Crippen LogP contribution in [0.25, 0.3) is 0 Å². The lowest BCUT2D eigenvalue weighted by Crippen LogP contribution is -2.45. The third-order valence-corrected chi connectivity index (χ3v) is 4.51. The van der Waals surface area contributed by atoms with Gasteiger partial charge in [-0.05, 0) is 49.6 Å². The average Bonchev–Trinajstić information content (AvgIpc) is 2.68. The van der Waals surface area contributed by atoms with Crippen LogP contribution in [0.2, 0.25) is 0 Å². The van der Waals surface area contributed by atoms with Crippen molar-refractivity contribution >= 4 is 29.9 Å². The molecular weight excluding hydrogens is 374 g/mol. The van der Waals surface area contributed by atoms with Crippen molar-refractivity contribution in [3.63, 3.8) is 0 Å². The highest BCUT2D eigenvalue weighted by Crippen LogP contribution is 2.20. The topological polar surface area (TPSA) is 75.4 Å². The van der Waals surface area contributed by atoms with Gasteiger partial charge in [0, 0.05) is 24.3 Å². The first kappa shape index (κ1) is 23.7. The van der Waals surface area contributed by atoms with Crippen LogP contribution in [-0.2, 0) is 10.3 Å². The molecule has 152 valence electrons. The lowest BCUT2D eigenvalue weighted by molar-refractivity contribution is -0.120. The van der Waals surface area contributed by atoms with Gasteiger partial charge in [-0.1, -0.05) is 44.2 Å². The molecule has 0 saturated carbocycles. The minimum Gasteiger partial charge on any atom is -0.339 e. The number of nitrogens with zero attached hydrogens (tertiary/aromatic N) is 1. The molecule has 2 aromatic rings. The number of carbonyl (C=O) groups is 2. The van der Waals surface area contributed by atoms with Crippen LogP contribution in [0.1, 0.15) is 49.5 Å². The normalized spacial score (nSPS) is 12.4. The second-order valence-corrected chi connectivity index (χ2v) is 6.89. The first-order valence-electron chi connectivity index (χ1n) is 9.45. The van der Waals surface area contributed by atoms with Gasteiger partial charge in [-0.15, -0.1) is 12.4 Å². The van der Waals surface area contributed by atoms with Crippen molar-refractivity contribution < 1.29 is 9.59 Å². The van der Waals surface area contributed by atoms with E-state index in [9.17, 15) is 9.59 Å². The Bertz CT molecular complexity index is 755. The Morgan fingerprint density at radius 1 is 0.964 bits per heavy atom. The van der Waals surface area contributed by atoms with E-state index in [0.29, 0.717) is 11.3 Å². The molecule has 0 aromatic heterocycles. The van der Waals surface area contributed by atoms with E-state index < -0.39 is 5.54 Å². The second kappa shape index (κ2) is 10.8. The number of nitrogens with one attached hydrogen (secondary N) is 1. The predicted molar refractivity (Wildman–Crippen MR) is 117 cm³/mol.